The number of aromatic amines is 1. The molecule has 53 heavy (non-hydrogen) atoms. The number of piperazine rings is 1. The number of aryl methyl sites for hydroxylation is 1. The van der Waals surface area contributed by atoms with Crippen molar-refractivity contribution < 1.29 is 22.7 Å². The topological polar surface area (TPSA) is 104 Å². The maximum absolute atomic E-state index is 13.7. The molecule has 276 valence electrons. The summed E-state index contributed by atoms with van der Waals surface area (Å²) in [5.41, 5.74) is 7.06. The Labute approximate surface area is 316 Å². The van der Waals surface area contributed by atoms with Crippen molar-refractivity contribution in [2.45, 2.75) is 44.9 Å². The van der Waals surface area contributed by atoms with Gasteiger partial charge in [-0.1, -0.05) is 43.2 Å². The summed E-state index contributed by atoms with van der Waals surface area (Å²) in [5.74, 6) is 0.566. The molecule has 0 spiro atoms. The van der Waals surface area contributed by atoms with Gasteiger partial charge in [-0.05, 0) is 115 Å². The lowest BCUT2D eigenvalue weighted by Crippen LogP contribution is -2.47. The fraction of sp³-hybridized carbons (Fsp3) is 0.310. The van der Waals surface area contributed by atoms with Crippen molar-refractivity contribution in [2.24, 2.45) is 5.41 Å². The Balaban J connectivity index is 1.11. The van der Waals surface area contributed by atoms with Crippen molar-refractivity contribution >= 4 is 49.7 Å². The lowest BCUT2D eigenvalue weighted by molar-refractivity contribution is 0.0979. The van der Waals surface area contributed by atoms with Crippen LogP contribution in [0.2, 0.25) is 5.02 Å². The van der Waals surface area contributed by atoms with Crippen molar-refractivity contribution in [3.63, 3.8) is 0 Å². The number of allylic oxidation sites excluding steroid dienone is 1. The van der Waals surface area contributed by atoms with Crippen LogP contribution in [0.15, 0.2) is 102 Å². The molecular formula is C42H45ClN4O5S. The molecule has 0 saturated carbocycles. The van der Waals surface area contributed by atoms with Crippen LogP contribution in [0.4, 0.5) is 5.69 Å². The third kappa shape index (κ3) is 8.25. The molecule has 2 aliphatic rings. The van der Waals surface area contributed by atoms with Gasteiger partial charge in [0.05, 0.1) is 17.6 Å². The maximum Gasteiger partial charge on any atom is 0.268 e. The van der Waals surface area contributed by atoms with Crippen molar-refractivity contribution in [2.75, 3.05) is 44.7 Å². The first kappa shape index (κ1) is 36.6. The molecule has 7 rings (SSSR count). The number of benzene rings is 4. The summed E-state index contributed by atoms with van der Waals surface area (Å²) in [6.45, 7) is 10.7. The first-order chi connectivity index (χ1) is 25.4. The minimum Gasteiger partial charge on any atom is -0.496 e. The van der Waals surface area contributed by atoms with Gasteiger partial charge in [0.25, 0.3) is 15.9 Å². The molecule has 11 heteroatoms. The zero-order chi connectivity index (χ0) is 37.3. The Bertz CT molecular complexity index is 2290. The third-order valence-electron chi connectivity index (χ3n) is 10.4. The second-order valence-electron chi connectivity index (χ2n) is 14.8. The summed E-state index contributed by atoms with van der Waals surface area (Å²) in [6.07, 6.45) is 5.14. The van der Waals surface area contributed by atoms with Gasteiger partial charge in [0, 0.05) is 66.6 Å². The Morgan fingerprint density at radius 3 is 2.43 bits per heavy atom. The number of carbonyl (C=O) groups excluding carboxylic acids is 1. The number of amides is 1. The van der Waals surface area contributed by atoms with Gasteiger partial charge in [0.15, 0.2) is 0 Å². The summed E-state index contributed by atoms with van der Waals surface area (Å²) in [5, 5.41) is 1.70. The molecule has 1 aliphatic carbocycles. The molecule has 2 N–H and O–H groups in total. The van der Waals surface area contributed by atoms with Crippen LogP contribution in [-0.2, 0) is 10.0 Å². The van der Waals surface area contributed by atoms with Crippen LogP contribution in [0.3, 0.4) is 0 Å². The van der Waals surface area contributed by atoms with Crippen LogP contribution in [0.1, 0.15) is 54.6 Å². The molecule has 0 bridgehead atoms. The van der Waals surface area contributed by atoms with E-state index in [4.69, 9.17) is 21.1 Å². The number of ether oxygens (including phenoxy) is 2. The van der Waals surface area contributed by atoms with Crippen molar-refractivity contribution in [3.05, 3.63) is 118 Å². The van der Waals surface area contributed by atoms with E-state index in [1.165, 1.54) is 42.4 Å². The Morgan fingerprint density at radius 2 is 1.70 bits per heavy atom. The average molecular weight is 753 g/mol. The molecule has 0 unspecified atom stereocenters. The van der Waals surface area contributed by atoms with E-state index in [-0.39, 0.29) is 21.6 Å². The van der Waals surface area contributed by atoms with Crippen LogP contribution >= 0.6 is 11.6 Å². The van der Waals surface area contributed by atoms with Crippen LogP contribution in [0, 0.1) is 12.3 Å². The number of carbonyl (C=O) groups is 1. The zero-order valence-electron chi connectivity index (χ0n) is 30.5. The number of hydrogen-bond acceptors (Lipinski definition) is 7. The largest absolute Gasteiger partial charge is 0.496 e. The highest BCUT2D eigenvalue weighted by Gasteiger charge is 2.30. The van der Waals surface area contributed by atoms with Crippen molar-refractivity contribution in [1.29, 1.82) is 0 Å². The van der Waals surface area contributed by atoms with Crippen molar-refractivity contribution in [1.82, 2.24) is 14.6 Å². The zero-order valence-corrected chi connectivity index (χ0v) is 32.1. The fourth-order valence-corrected chi connectivity index (χ4v) is 8.53. The highest BCUT2D eigenvalue weighted by atomic mass is 35.5. The number of fused-ring (bicyclic) bond motifs is 1. The molecule has 5 aromatic rings. The number of H-pyrrole nitrogens is 1. The van der Waals surface area contributed by atoms with Crippen LogP contribution < -0.4 is 19.1 Å². The van der Waals surface area contributed by atoms with E-state index in [0.29, 0.717) is 17.1 Å². The van der Waals surface area contributed by atoms with Gasteiger partial charge >= 0.3 is 0 Å². The smallest absolute Gasteiger partial charge is 0.268 e. The van der Waals surface area contributed by atoms with E-state index in [1.807, 2.05) is 54.7 Å². The number of rotatable bonds is 10. The average Bonchev–Trinajstić information content (AvgIpc) is 3.61. The summed E-state index contributed by atoms with van der Waals surface area (Å²) in [4.78, 5) is 21.7. The SMILES string of the molecule is COc1ccc(S(=O)(=O)NC(=O)c2ccc(N3CCN(CC4=C(c5ccc(Cl)cc5)CC(C)(C)CC4)CC3)cc2Oc2ccc3[nH]ccc3c2)cc1C. The first-order valence-corrected chi connectivity index (χ1v) is 19.8. The lowest BCUT2D eigenvalue weighted by Gasteiger charge is -2.39. The number of anilines is 1. The number of methoxy groups -OCH3 is 1. The first-order valence-electron chi connectivity index (χ1n) is 17.9. The van der Waals surface area contributed by atoms with Gasteiger partial charge in [-0.25, -0.2) is 13.1 Å². The van der Waals surface area contributed by atoms with E-state index < -0.39 is 15.9 Å². The molecular weight excluding hydrogens is 708 g/mol. The summed E-state index contributed by atoms with van der Waals surface area (Å²) in [7, 11) is -2.67. The van der Waals surface area contributed by atoms with Gasteiger partial charge < -0.3 is 19.4 Å². The highest BCUT2D eigenvalue weighted by Crippen LogP contribution is 2.43. The number of hydrogen-bond donors (Lipinski definition) is 2. The number of halogens is 1. The van der Waals surface area contributed by atoms with Crippen molar-refractivity contribution in [3.8, 4) is 17.2 Å². The molecule has 0 radical (unpaired) electrons. The monoisotopic (exact) mass is 752 g/mol. The molecule has 2 heterocycles. The van der Waals surface area contributed by atoms with Gasteiger partial charge in [-0.3, -0.25) is 9.69 Å². The molecule has 4 aromatic carbocycles. The maximum atomic E-state index is 13.7. The van der Waals surface area contributed by atoms with E-state index in [0.717, 1.165) is 67.2 Å². The molecule has 1 amide bonds. The van der Waals surface area contributed by atoms with Gasteiger partial charge in [0.1, 0.15) is 17.2 Å². The number of nitrogens with zero attached hydrogens (tertiary/aromatic N) is 2. The predicted molar refractivity (Wildman–Crippen MR) is 212 cm³/mol. The van der Waals surface area contributed by atoms with E-state index in [1.54, 1.807) is 19.1 Å². The molecule has 1 aliphatic heterocycles. The minimum atomic E-state index is -4.19. The summed E-state index contributed by atoms with van der Waals surface area (Å²) < 4.78 is 40.6. The summed E-state index contributed by atoms with van der Waals surface area (Å²) in [6, 6.07) is 25.6. The minimum absolute atomic E-state index is 0.0352. The third-order valence-corrected chi connectivity index (χ3v) is 12.0. The molecule has 9 nitrogen and oxygen atoms in total. The van der Waals surface area contributed by atoms with Gasteiger partial charge in [-0.2, -0.15) is 0 Å². The predicted octanol–water partition coefficient (Wildman–Crippen LogP) is 8.84. The van der Waals surface area contributed by atoms with Gasteiger partial charge in [0.2, 0.25) is 0 Å². The standard InChI is InChI=1S/C42H45ClN4O5S/c1-28-23-35(11-14-39(28)51-4)53(49,50)45-41(48)36-12-9-33(25-40(36)52-34-10-13-38-30(24-34)16-18-44-38)47-21-19-46(20-22-47)27-31-15-17-42(2,3)26-37(31)29-5-7-32(43)8-6-29/h5-14,16,18,23-25,44H,15,17,19-22,26-27H2,1-4H3,(H,45,48). The Morgan fingerprint density at radius 1 is 0.925 bits per heavy atom. The van der Waals surface area contributed by atoms with Crippen LogP contribution in [-0.4, -0.2) is 64.0 Å². The molecule has 1 aromatic heterocycles. The molecule has 0 atom stereocenters. The molecule has 1 fully saturated rings. The highest BCUT2D eigenvalue weighted by molar-refractivity contribution is 7.90. The van der Waals surface area contributed by atoms with Gasteiger partial charge in [-0.15, -0.1) is 0 Å². The van der Waals surface area contributed by atoms with E-state index >= 15 is 0 Å². The second kappa shape index (κ2) is 14.9. The normalized spacial score (nSPS) is 16.5. The second-order valence-corrected chi connectivity index (χ2v) is 16.9. The number of sulfonamides is 1. The van der Waals surface area contributed by atoms with E-state index in [9.17, 15) is 13.2 Å². The quantitative estimate of drug-likeness (QED) is 0.147. The van der Waals surface area contributed by atoms with Crippen LogP contribution in [0.25, 0.3) is 16.5 Å². The summed E-state index contributed by atoms with van der Waals surface area (Å²) >= 11 is 6.23. The Kier molecular flexibility index (Phi) is 10.3. The Hall–Kier alpha value is -4.77. The van der Waals surface area contributed by atoms with Crippen LogP contribution in [0.5, 0.6) is 17.2 Å². The fourth-order valence-electron chi connectivity index (χ4n) is 7.35. The molecule has 1 saturated heterocycles. The number of aromatic nitrogens is 1. The van der Waals surface area contributed by atoms with E-state index in [2.05, 4.69) is 45.5 Å². The lowest BCUT2D eigenvalue weighted by atomic mass is 9.72. The number of nitrogens with one attached hydrogen (secondary N) is 2.